The van der Waals surface area contributed by atoms with Crippen LogP contribution in [0.1, 0.15) is 144 Å². The normalized spacial score (nSPS) is 10.3. The molecule has 0 aliphatic rings. The Kier molecular flexibility index (Phi) is 33.2. The molecule has 55 heavy (non-hydrogen) atoms. The standard InChI is InChI=1S/C18H36O2.2C9H10O4.C6H14O3/c1-2-3-4-5-6-7-8-9-10-11-12-13-14-15-16-17-18(19)20;2*1-12-7-4-3-6(9(10)11)5-8(7)13-2;1-2-6(3-7,4-8)5-9/h2-17H2,1H3,(H,19,20);2*3-5H,1-2H3,(H,10,11);7-9H,2-5H2,1H3. The molecule has 13 nitrogen and oxygen atoms in total. The number of hydrogen-bond acceptors (Lipinski definition) is 10. The second-order valence-corrected chi connectivity index (χ2v) is 13.2. The van der Waals surface area contributed by atoms with Crippen LogP contribution in [0, 0.1) is 5.41 Å². The van der Waals surface area contributed by atoms with E-state index in [9.17, 15) is 14.4 Å². The van der Waals surface area contributed by atoms with E-state index in [1.807, 2.05) is 6.92 Å². The minimum Gasteiger partial charge on any atom is -0.493 e. The molecule has 6 N–H and O–H groups in total. The highest BCUT2D eigenvalue weighted by molar-refractivity contribution is 5.89. The molecule has 0 unspecified atom stereocenters. The van der Waals surface area contributed by atoms with Gasteiger partial charge in [-0.2, -0.15) is 0 Å². The fourth-order valence-electron chi connectivity index (χ4n) is 5.07. The molecule has 0 bridgehead atoms. The number of aliphatic hydroxyl groups excluding tert-OH is 3. The smallest absolute Gasteiger partial charge is 0.335 e. The third-order valence-electron chi connectivity index (χ3n) is 9.01. The van der Waals surface area contributed by atoms with Crippen LogP contribution < -0.4 is 18.9 Å². The maximum absolute atomic E-state index is 10.6. The van der Waals surface area contributed by atoms with Gasteiger partial charge in [-0.1, -0.05) is 104 Å². The number of hydrogen-bond donors (Lipinski definition) is 6. The zero-order chi connectivity index (χ0) is 41.9. The predicted molar refractivity (Wildman–Crippen MR) is 214 cm³/mol. The molecule has 0 heterocycles. The third kappa shape index (κ3) is 25.6. The van der Waals surface area contributed by atoms with Crippen molar-refractivity contribution in [3.8, 4) is 23.0 Å². The van der Waals surface area contributed by atoms with Crippen molar-refractivity contribution in [3.63, 3.8) is 0 Å². The molecule has 0 aliphatic carbocycles. The van der Waals surface area contributed by atoms with E-state index >= 15 is 0 Å². The average Bonchev–Trinajstić information content (AvgIpc) is 3.20. The number of aliphatic carboxylic acids is 1. The summed E-state index contributed by atoms with van der Waals surface area (Å²) >= 11 is 0. The van der Waals surface area contributed by atoms with E-state index in [1.165, 1.54) is 136 Å². The molecular weight excluding hydrogens is 712 g/mol. The molecule has 13 heteroatoms. The molecule has 0 fully saturated rings. The van der Waals surface area contributed by atoms with Crippen LogP contribution in [0.15, 0.2) is 36.4 Å². The lowest BCUT2D eigenvalue weighted by atomic mass is 9.88. The number of carbonyl (C=O) groups is 3. The Balaban J connectivity index is 0. The van der Waals surface area contributed by atoms with Crippen molar-refractivity contribution >= 4 is 17.9 Å². The van der Waals surface area contributed by atoms with Crippen molar-refractivity contribution < 1.29 is 64.0 Å². The number of unbranched alkanes of at least 4 members (excludes halogenated alkanes) is 14. The minimum absolute atomic E-state index is 0.156. The molecule has 0 amide bonds. The number of carboxylic acids is 3. The number of carboxylic acid groups (broad SMARTS) is 3. The molecule has 0 atom stereocenters. The summed E-state index contributed by atoms with van der Waals surface area (Å²) in [7, 11) is 5.92. The largest absolute Gasteiger partial charge is 0.493 e. The summed E-state index contributed by atoms with van der Waals surface area (Å²) in [5.41, 5.74) is -0.310. The summed E-state index contributed by atoms with van der Waals surface area (Å²) in [6, 6.07) is 8.88. The number of rotatable bonds is 26. The molecular formula is C42H70O13. The van der Waals surface area contributed by atoms with Gasteiger partial charge in [-0.25, -0.2) is 9.59 Å². The van der Waals surface area contributed by atoms with E-state index in [1.54, 1.807) is 12.1 Å². The van der Waals surface area contributed by atoms with Crippen LogP contribution in [-0.4, -0.2) is 96.8 Å². The van der Waals surface area contributed by atoms with Crippen molar-refractivity contribution in [2.75, 3.05) is 48.3 Å². The van der Waals surface area contributed by atoms with Gasteiger partial charge in [0.05, 0.1) is 59.4 Å². The van der Waals surface area contributed by atoms with Crippen molar-refractivity contribution in [1.29, 1.82) is 0 Å². The van der Waals surface area contributed by atoms with Crippen molar-refractivity contribution in [1.82, 2.24) is 0 Å². The topological polar surface area (TPSA) is 210 Å². The van der Waals surface area contributed by atoms with Gasteiger partial charge in [-0.15, -0.1) is 0 Å². The van der Waals surface area contributed by atoms with Crippen LogP contribution in [0.5, 0.6) is 23.0 Å². The van der Waals surface area contributed by atoms with Gasteiger partial charge < -0.3 is 49.6 Å². The lowest BCUT2D eigenvalue weighted by Crippen LogP contribution is -2.32. The predicted octanol–water partition coefficient (Wildman–Crippen LogP) is 8.50. The van der Waals surface area contributed by atoms with E-state index in [2.05, 4.69) is 6.92 Å². The van der Waals surface area contributed by atoms with Gasteiger partial charge in [0, 0.05) is 11.8 Å². The summed E-state index contributed by atoms with van der Waals surface area (Å²) in [5, 5.41) is 51.8. The molecule has 0 saturated heterocycles. The van der Waals surface area contributed by atoms with Gasteiger partial charge >= 0.3 is 17.9 Å². The SMILES string of the molecule is CCC(CO)(CO)CO.CCCCCCCCCCCCCCCCCC(=O)O.COc1ccc(C(=O)O)cc1OC.COc1ccc(C(=O)O)cc1OC. The van der Waals surface area contributed by atoms with Crippen LogP contribution >= 0.6 is 0 Å². The van der Waals surface area contributed by atoms with Gasteiger partial charge in [-0.05, 0) is 49.2 Å². The Hall–Kier alpha value is -4.07. The zero-order valence-electron chi connectivity index (χ0n) is 34.1. The van der Waals surface area contributed by atoms with Gasteiger partial charge in [0.25, 0.3) is 0 Å². The quantitative estimate of drug-likeness (QED) is 0.0495. The van der Waals surface area contributed by atoms with Crippen LogP contribution in [0.25, 0.3) is 0 Å². The lowest BCUT2D eigenvalue weighted by Gasteiger charge is -2.24. The molecule has 2 rings (SSSR count). The first kappa shape index (κ1) is 53.0. The summed E-state index contributed by atoms with van der Waals surface area (Å²) in [5.74, 6) is -0.744. The van der Waals surface area contributed by atoms with Crippen molar-refractivity contribution in [3.05, 3.63) is 47.5 Å². The Morgan fingerprint density at radius 2 is 0.800 bits per heavy atom. The van der Waals surface area contributed by atoms with Crippen LogP contribution in [0.3, 0.4) is 0 Å². The maximum Gasteiger partial charge on any atom is 0.335 e. The second kappa shape index (κ2) is 34.4. The molecule has 316 valence electrons. The Morgan fingerprint density at radius 1 is 0.491 bits per heavy atom. The zero-order valence-corrected chi connectivity index (χ0v) is 34.1. The van der Waals surface area contributed by atoms with Gasteiger partial charge in [0.15, 0.2) is 23.0 Å². The Labute approximate surface area is 328 Å². The molecule has 0 radical (unpaired) electrons. The van der Waals surface area contributed by atoms with E-state index in [0.29, 0.717) is 35.8 Å². The van der Waals surface area contributed by atoms with Crippen molar-refractivity contribution in [2.24, 2.45) is 5.41 Å². The summed E-state index contributed by atoms with van der Waals surface area (Å²) in [6.45, 7) is 3.62. The number of ether oxygens (including phenoxy) is 4. The molecule has 0 saturated carbocycles. The molecule has 0 aromatic heterocycles. The Bertz CT molecular complexity index is 1200. The number of aromatic carboxylic acids is 2. The Morgan fingerprint density at radius 3 is 1.02 bits per heavy atom. The lowest BCUT2D eigenvalue weighted by molar-refractivity contribution is -0.137. The first-order chi connectivity index (χ1) is 26.4. The van der Waals surface area contributed by atoms with Crippen LogP contribution in [0.2, 0.25) is 0 Å². The highest BCUT2D eigenvalue weighted by atomic mass is 16.5. The van der Waals surface area contributed by atoms with Gasteiger partial charge in [-0.3, -0.25) is 4.79 Å². The van der Waals surface area contributed by atoms with E-state index < -0.39 is 23.3 Å². The monoisotopic (exact) mass is 782 g/mol. The van der Waals surface area contributed by atoms with E-state index in [-0.39, 0.29) is 30.9 Å². The summed E-state index contributed by atoms with van der Waals surface area (Å²) in [4.78, 5) is 31.5. The van der Waals surface area contributed by atoms with Crippen molar-refractivity contribution in [2.45, 2.75) is 123 Å². The first-order valence-electron chi connectivity index (χ1n) is 19.3. The summed E-state index contributed by atoms with van der Waals surface area (Å²) in [6.07, 6.45) is 20.8. The second-order valence-electron chi connectivity index (χ2n) is 13.2. The van der Waals surface area contributed by atoms with Gasteiger partial charge in [0.2, 0.25) is 0 Å². The summed E-state index contributed by atoms with van der Waals surface area (Å²) < 4.78 is 19.8. The molecule has 2 aromatic carbocycles. The third-order valence-corrected chi connectivity index (χ3v) is 9.01. The first-order valence-corrected chi connectivity index (χ1v) is 19.3. The fraction of sp³-hybridized carbons (Fsp3) is 0.643. The highest BCUT2D eigenvalue weighted by Gasteiger charge is 2.25. The molecule has 2 aromatic rings. The van der Waals surface area contributed by atoms with E-state index in [4.69, 9.17) is 49.6 Å². The van der Waals surface area contributed by atoms with Gasteiger partial charge in [0.1, 0.15) is 0 Å². The van der Waals surface area contributed by atoms with Crippen LogP contribution in [0.4, 0.5) is 0 Å². The average molecular weight is 783 g/mol. The van der Waals surface area contributed by atoms with Crippen LogP contribution in [-0.2, 0) is 4.79 Å². The highest BCUT2D eigenvalue weighted by Crippen LogP contribution is 2.28. The maximum atomic E-state index is 10.6. The number of methoxy groups -OCH3 is 4. The molecule has 0 aliphatic heterocycles. The van der Waals surface area contributed by atoms with E-state index in [0.717, 1.165) is 12.8 Å². The number of benzene rings is 2. The minimum atomic E-state index is -0.985. The fourth-order valence-corrected chi connectivity index (χ4v) is 5.07. The molecule has 0 spiro atoms. The number of aliphatic hydroxyl groups is 3.